The standard InChI is InChI=1S/C14H26N4O4S/c15-14(13(19)20)5-8-17(10-14)23(21,22)18(9-11-1-2-11)12-3-6-16-7-4-12/h11-12,16H,1-10,15H2,(H,19,20)/t14-/m1/s1. The van der Waals surface area contributed by atoms with E-state index in [9.17, 15) is 18.3 Å². The highest BCUT2D eigenvalue weighted by atomic mass is 32.2. The number of rotatable bonds is 6. The zero-order valence-electron chi connectivity index (χ0n) is 13.3. The van der Waals surface area contributed by atoms with Crippen molar-refractivity contribution in [2.24, 2.45) is 11.7 Å². The lowest BCUT2D eigenvalue weighted by atomic mass is 10.0. The van der Waals surface area contributed by atoms with Crippen molar-refractivity contribution in [1.82, 2.24) is 13.9 Å². The minimum atomic E-state index is -3.66. The van der Waals surface area contributed by atoms with Crippen LogP contribution in [0.3, 0.4) is 0 Å². The molecule has 2 saturated heterocycles. The van der Waals surface area contributed by atoms with Gasteiger partial charge in [-0.25, -0.2) is 0 Å². The molecule has 9 heteroatoms. The first-order valence-corrected chi connectivity index (χ1v) is 9.72. The van der Waals surface area contributed by atoms with E-state index in [1.165, 1.54) is 4.31 Å². The molecule has 0 radical (unpaired) electrons. The summed E-state index contributed by atoms with van der Waals surface area (Å²) >= 11 is 0. The van der Waals surface area contributed by atoms with Gasteiger partial charge in [0.05, 0.1) is 0 Å². The molecule has 4 N–H and O–H groups in total. The highest BCUT2D eigenvalue weighted by molar-refractivity contribution is 7.86. The highest BCUT2D eigenvalue weighted by Crippen LogP contribution is 2.34. The maximum absolute atomic E-state index is 13.1. The molecule has 0 spiro atoms. The molecule has 1 aliphatic carbocycles. The quantitative estimate of drug-likeness (QED) is 0.579. The summed E-state index contributed by atoms with van der Waals surface area (Å²) in [6.45, 7) is 2.22. The number of nitrogens with one attached hydrogen (secondary N) is 1. The van der Waals surface area contributed by atoms with Crippen LogP contribution in [-0.2, 0) is 15.0 Å². The maximum Gasteiger partial charge on any atom is 0.325 e. The van der Waals surface area contributed by atoms with Crippen molar-refractivity contribution >= 4 is 16.2 Å². The van der Waals surface area contributed by atoms with E-state index in [0.717, 1.165) is 38.8 Å². The largest absolute Gasteiger partial charge is 0.480 e. The molecule has 23 heavy (non-hydrogen) atoms. The Labute approximate surface area is 137 Å². The fourth-order valence-electron chi connectivity index (χ4n) is 3.40. The Hall–Kier alpha value is -0.740. The zero-order valence-corrected chi connectivity index (χ0v) is 14.1. The van der Waals surface area contributed by atoms with Gasteiger partial charge in [0.1, 0.15) is 5.54 Å². The Kier molecular flexibility index (Phi) is 4.67. The van der Waals surface area contributed by atoms with Gasteiger partial charge in [0.25, 0.3) is 10.2 Å². The summed E-state index contributed by atoms with van der Waals surface area (Å²) in [5.74, 6) is -0.685. The molecule has 1 saturated carbocycles. The Morgan fingerprint density at radius 1 is 1.30 bits per heavy atom. The van der Waals surface area contributed by atoms with E-state index >= 15 is 0 Å². The van der Waals surface area contributed by atoms with E-state index in [0.29, 0.717) is 12.5 Å². The zero-order chi connectivity index (χ0) is 16.7. The lowest BCUT2D eigenvalue weighted by molar-refractivity contribution is -0.142. The highest BCUT2D eigenvalue weighted by Gasteiger charge is 2.48. The van der Waals surface area contributed by atoms with Crippen LogP contribution < -0.4 is 11.1 Å². The number of aliphatic carboxylic acids is 1. The topological polar surface area (TPSA) is 116 Å². The molecule has 3 aliphatic rings. The van der Waals surface area contributed by atoms with Gasteiger partial charge in [-0.05, 0) is 51.1 Å². The van der Waals surface area contributed by atoms with Crippen LogP contribution in [-0.4, -0.2) is 72.4 Å². The third-order valence-corrected chi connectivity index (χ3v) is 7.17. The van der Waals surface area contributed by atoms with Crippen LogP contribution in [0.2, 0.25) is 0 Å². The van der Waals surface area contributed by atoms with Crippen LogP contribution in [0, 0.1) is 5.92 Å². The van der Waals surface area contributed by atoms with Crippen molar-refractivity contribution < 1.29 is 18.3 Å². The minimum Gasteiger partial charge on any atom is -0.480 e. The average molecular weight is 346 g/mol. The Morgan fingerprint density at radius 2 is 1.96 bits per heavy atom. The van der Waals surface area contributed by atoms with Gasteiger partial charge in [0.15, 0.2) is 0 Å². The number of hydrogen-bond donors (Lipinski definition) is 3. The fourth-order valence-corrected chi connectivity index (χ4v) is 5.40. The van der Waals surface area contributed by atoms with Gasteiger partial charge >= 0.3 is 5.97 Å². The summed E-state index contributed by atoms with van der Waals surface area (Å²) < 4.78 is 29.1. The molecule has 0 bridgehead atoms. The van der Waals surface area contributed by atoms with E-state index in [2.05, 4.69) is 5.32 Å². The molecule has 0 aromatic carbocycles. The van der Waals surface area contributed by atoms with E-state index in [-0.39, 0.29) is 25.6 Å². The number of piperidine rings is 1. The molecular formula is C14H26N4O4S. The van der Waals surface area contributed by atoms with Crippen molar-refractivity contribution in [1.29, 1.82) is 0 Å². The minimum absolute atomic E-state index is 0.000507. The van der Waals surface area contributed by atoms with Crippen LogP contribution in [0.4, 0.5) is 0 Å². The van der Waals surface area contributed by atoms with Gasteiger partial charge in [0, 0.05) is 25.7 Å². The third-order valence-electron chi connectivity index (χ3n) is 5.17. The van der Waals surface area contributed by atoms with Crippen LogP contribution in [0.5, 0.6) is 0 Å². The number of carboxylic acids is 1. The van der Waals surface area contributed by atoms with Crippen molar-refractivity contribution in [2.75, 3.05) is 32.7 Å². The Balaban J connectivity index is 1.78. The molecule has 1 atom stereocenters. The third kappa shape index (κ3) is 3.53. The molecule has 132 valence electrons. The van der Waals surface area contributed by atoms with Crippen molar-refractivity contribution in [3.05, 3.63) is 0 Å². The van der Waals surface area contributed by atoms with Gasteiger partial charge in [-0.3, -0.25) is 4.79 Å². The normalized spacial score (nSPS) is 30.9. The van der Waals surface area contributed by atoms with Gasteiger partial charge in [-0.2, -0.15) is 17.0 Å². The monoisotopic (exact) mass is 346 g/mol. The summed E-state index contributed by atoms with van der Waals surface area (Å²) in [6.07, 6.45) is 3.91. The molecule has 2 heterocycles. The first-order chi connectivity index (χ1) is 10.8. The van der Waals surface area contributed by atoms with Gasteiger partial charge in [-0.15, -0.1) is 0 Å². The van der Waals surface area contributed by atoms with E-state index in [4.69, 9.17) is 5.73 Å². The van der Waals surface area contributed by atoms with Gasteiger partial charge in [-0.1, -0.05) is 0 Å². The van der Waals surface area contributed by atoms with Crippen LogP contribution >= 0.6 is 0 Å². The smallest absolute Gasteiger partial charge is 0.325 e. The van der Waals surface area contributed by atoms with Gasteiger partial charge in [0.2, 0.25) is 0 Å². The molecule has 3 fully saturated rings. The molecule has 0 amide bonds. The van der Waals surface area contributed by atoms with E-state index in [1.807, 2.05) is 0 Å². The maximum atomic E-state index is 13.1. The molecule has 3 rings (SSSR count). The SMILES string of the molecule is N[C@]1(C(=O)O)CCN(S(=O)(=O)N(CC2CC2)C2CCNCC2)C1. The predicted octanol–water partition coefficient (Wildman–Crippen LogP) is -0.817. The summed E-state index contributed by atoms with van der Waals surface area (Å²) in [7, 11) is -3.66. The lowest BCUT2D eigenvalue weighted by Crippen LogP contribution is -2.55. The first kappa shape index (κ1) is 17.1. The second-order valence-electron chi connectivity index (χ2n) is 7.05. The van der Waals surface area contributed by atoms with Crippen molar-refractivity contribution in [2.45, 2.75) is 43.7 Å². The van der Waals surface area contributed by atoms with E-state index in [1.54, 1.807) is 4.31 Å². The Bertz CT molecular complexity index is 559. The molecule has 0 aromatic heterocycles. The summed E-state index contributed by atoms with van der Waals surface area (Å²) in [5.41, 5.74) is 4.38. The first-order valence-electron chi connectivity index (χ1n) is 8.33. The number of nitrogens with zero attached hydrogens (tertiary/aromatic N) is 2. The average Bonchev–Trinajstić information content (AvgIpc) is 3.25. The molecule has 2 aliphatic heterocycles. The van der Waals surface area contributed by atoms with Crippen molar-refractivity contribution in [3.8, 4) is 0 Å². The van der Waals surface area contributed by atoms with Crippen molar-refractivity contribution in [3.63, 3.8) is 0 Å². The summed E-state index contributed by atoms with van der Waals surface area (Å²) in [4.78, 5) is 11.3. The second-order valence-corrected chi connectivity index (χ2v) is 8.93. The lowest BCUT2D eigenvalue weighted by Gasteiger charge is -2.36. The summed E-state index contributed by atoms with van der Waals surface area (Å²) in [5, 5.41) is 12.5. The van der Waals surface area contributed by atoms with Crippen LogP contribution in [0.25, 0.3) is 0 Å². The second kappa shape index (κ2) is 6.29. The van der Waals surface area contributed by atoms with E-state index < -0.39 is 21.7 Å². The van der Waals surface area contributed by atoms with Crippen LogP contribution in [0.1, 0.15) is 32.1 Å². The number of nitrogens with two attached hydrogens (primary N) is 1. The predicted molar refractivity (Wildman–Crippen MR) is 85.0 cm³/mol. The number of carboxylic acid groups (broad SMARTS) is 1. The van der Waals surface area contributed by atoms with Crippen LogP contribution in [0.15, 0.2) is 0 Å². The number of hydrogen-bond acceptors (Lipinski definition) is 5. The fraction of sp³-hybridized carbons (Fsp3) is 0.929. The molecule has 0 unspecified atom stereocenters. The summed E-state index contributed by atoms with van der Waals surface area (Å²) in [6, 6.07) is -0.000507. The molecule has 8 nitrogen and oxygen atoms in total. The number of carbonyl (C=O) groups is 1. The molecule has 0 aromatic rings. The molecular weight excluding hydrogens is 320 g/mol. The van der Waals surface area contributed by atoms with Gasteiger partial charge < -0.3 is 16.2 Å². The Morgan fingerprint density at radius 3 is 2.48 bits per heavy atom.